The van der Waals surface area contributed by atoms with Crippen LogP contribution in [0.15, 0.2) is 36.4 Å². The topological polar surface area (TPSA) is 81.2 Å². The SMILES string of the molecule is CCC(CC)CN(CC)C(=O)c1cc(C(N)=O)n(-c2ccccc2)n1. The van der Waals surface area contributed by atoms with Gasteiger partial charge in [0.25, 0.3) is 11.8 Å². The van der Waals surface area contributed by atoms with Crippen LogP contribution in [0.5, 0.6) is 0 Å². The molecule has 0 atom stereocenters. The van der Waals surface area contributed by atoms with Crippen LogP contribution in [0.4, 0.5) is 0 Å². The standard InChI is InChI=1S/C19H26N4O2/c1-4-14(5-2)13-22(6-3)19(25)16-12-17(18(20)24)23(21-16)15-10-8-7-9-11-15/h7-12,14H,4-6,13H2,1-3H3,(H2,20,24). The third-order valence-corrected chi connectivity index (χ3v) is 4.48. The van der Waals surface area contributed by atoms with E-state index >= 15 is 0 Å². The van der Waals surface area contributed by atoms with Gasteiger partial charge >= 0.3 is 0 Å². The molecule has 1 heterocycles. The molecule has 0 fully saturated rings. The van der Waals surface area contributed by atoms with E-state index in [9.17, 15) is 9.59 Å². The van der Waals surface area contributed by atoms with E-state index in [1.54, 1.807) is 4.90 Å². The number of benzene rings is 1. The summed E-state index contributed by atoms with van der Waals surface area (Å²) in [6, 6.07) is 10.7. The maximum atomic E-state index is 12.9. The van der Waals surface area contributed by atoms with Crippen LogP contribution in [0.2, 0.25) is 0 Å². The van der Waals surface area contributed by atoms with Gasteiger partial charge in [0.1, 0.15) is 5.69 Å². The van der Waals surface area contributed by atoms with Gasteiger partial charge in [0, 0.05) is 19.2 Å². The highest BCUT2D eigenvalue weighted by Crippen LogP contribution is 2.16. The van der Waals surface area contributed by atoms with Gasteiger partial charge in [-0.05, 0) is 25.0 Å². The molecule has 0 radical (unpaired) electrons. The second-order valence-corrected chi connectivity index (χ2v) is 6.05. The lowest BCUT2D eigenvalue weighted by Crippen LogP contribution is -2.35. The minimum absolute atomic E-state index is 0.174. The number of aromatic nitrogens is 2. The predicted molar refractivity (Wildman–Crippen MR) is 97.7 cm³/mol. The lowest BCUT2D eigenvalue weighted by atomic mass is 10.0. The Bertz CT molecular complexity index is 720. The quantitative estimate of drug-likeness (QED) is 0.801. The van der Waals surface area contributed by atoms with Crippen LogP contribution >= 0.6 is 0 Å². The highest BCUT2D eigenvalue weighted by Gasteiger charge is 2.23. The van der Waals surface area contributed by atoms with Crippen molar-refractivity contribution in [3.8, 4) is 5.69 Å². The average Bonchev–Trinajstić information content (AvgIpc) is 3.09. The van der Waals surface area contributed by atoms with Gasteiger partial charge in [-0.2, -0.15) is 5.10 Å². The Morgan fingerprint density at radius 3 is 2.32 bits per heavy atom. The van der Waals surface area contributed by atoms with Gasteiger partial charge in [-0.25, -0.2) is 4.68 Å². The fourth-order valence-electron chi connectivity index (χ4n) is 2.80. The van der Waals surface area contributed by atoms with Crippen LogP contribution in [0, 0.1) is 5.92 Å². The lowest BCUT2D eigenvalue weighted by Gasteiger charge is -2.24. The number of hydrogen-bond acceptors (Lipinski definition) is 3. The van der Waals surface area contributed by atoms with Crippen molar-refractivity contribution in [3.05, 3.63) is 47.8 Å². The Hall–Kier alpha value is -2.63. The molecule has 0 spiro atoms. The van der Waals surface area contributed by atoms with Crippen LogP contribution in [-0.2, 0) is 0 Å². The summed E-state index contributed by atoms with van der Waals surface area (Å²) in [5, 5.41) is 4.35. The summed E-state index contributed by atoms with van der Waals surface area (Å²) < 4.78 is 1.43. The number of hydrogen-bond donors (Lipinski definition) is 1. The van der Waals surface area contributed by atoms with E-state index in [0.29, 0.717) is 24.7 Å². The van der Waals surface area contributed by atoms with Crippen molar-refractivity contribution in [2.24, 2.45) is 11.7 Å². The van der Waals surface area contributed by atoms with Gasteiger partial charge in [0.15, 0.2) is 5.69 Å². The smallest absolute Gasteiger partial charge is 0.274 e. The molecule has 1 aromatic heterocycles. The largest absolute Gasteiger partial charge is 0.364 e. The van der Waals surface area contributed by atoms with Crippen molar-refractivity contribution in [1.29, 1.82) is 0 Å². The molecule has 2 N–H and O–H groups in total. The zero-order valence-electron chi connectivity index (χ0n) is 15.1. The van der Waals surface area contributed by atoms with Crippen LogP contribution < -0.4 is 5.73 Å². The van der Waals surface area contributed by atoms with E-state index in [0.717, 1.165) is 12.8 Å². The highest BCUT2D eigenvalue weighted by molar-refractivity contribution is 5.97. The molecule has 1 aromatic carbocycles. The third kappa shape index (κ3) is 4.26. The van der Waals surface area contributed by atoms with Gasteiger partial charge in [-0.3, -0.25) is 9.59 Å². The average molecular weight is 342 g/mol. The first-order valence-corrected chi connectivity index (χ1v) is 8.76. The van der Waals surface area contributed by atoms with E-state index in [2.05, 4.69) is 18.9 Å². The number of amides is 2. The molecule has 2 rings (SSSR count). The molecule has 0 bridgehead atoms. The number of rotatable bonds is 8. The monoisotopic (exact) mass is 342 g/mol. The minimum atomic E-state index is -0.613. The molecule has 0 unspecified atom stereocenters. The molecule has 2 aromatic rings. The molecular formula is C19H26N4O2. The first-order chi connectivity index (χ1) is 12.0. The predicted octanol–water partition coefficient (Wildman–Crippen LogP) is 2.87. The zero-order chi connectivity index (χ0) is 18.4. The summed E-state index contributed by atoms with van der Waals surface area (Å²) in [5.74, 6) is -0.333. The number of nitrogens with zero attached hydrogens (tertiary/aromatic N) is 3. The van der Waals surface area contributed by atoms with Crippen molar-refractivity contribution >= 4 is 11.8 Å². The Kier molecular flexibility index (Phi) is 6.33. The number of carbonyl (C=O) groups is 2. The summed E-state index contributed by atoms with van der Waals surface area (Å²) in [7, 11) is 0. The maximum Gasteiger partial charge on any atom is 0.274 e. The van der Waals surface area contributed by atoms with Gasteiger partial charge in [-0.1, -0.05) is 44.9 Å². The van der Waals surface area contributed by atoms with E-state index in [1.807, 2.05) is 37.3 Å². The van der Waals surface area contributed by atoms with Crippen molar-refractivity contribution in [1.82, 2.24) is 14.7 Å². The number of nitrogens with two attached hydrogens (primary N) is 1. The van der Waals surface area contributed by atoms with Crippen molar-refractivity contribution in [3.63, 3.8) is 0 Å². The Labute approximate surface area is 148 Å². The van der Waals surface area contributed by atoms with Crippen molar-refractivity contribution < 1.29 is 9.59 Å². The third-order valence-electron chi connectivity index (χ3n) is 4.48. The fraction of sp³-hybridized carbons (Fsp3) is 0.421. The van der Waals surface area contributed by atoms with E-state index in [4.69, 9.17) is 5.73 Å². The first kappa shape index (κ1) is 18.7. The maximum absolute atomic E-state index is 12.9. The molecule has 25 heavy (non-hydrogen) atoms. The highest BCUT2D eigenvalue weighted by atomic mass is 16.2. The van der Waals surface area contributed by atoms with E-state index in [-0.39, 0.29) is 17.3 Å². The molecule has 6 heteroatoms. The normalized spacial score (nSPS) is 10.9. The second kappa shape index (κ2) is 8.46. The summed E-state index contributed by atoms with van der Waals surface area (Å²) >= 11 is 0. The Morgan fingerprint density at radius 2 is 1.80 bits per heavy atom. The molecule has 134 valence electrons. The molecular weight excluding hydrogens is 316 g/mol. The molecule has 0 aliphatic heterocycles. The minimum Gasteiger partial charge on any atom is -0.364 e. The number of primary amides is 1. The van der Waals surface area contributed by atoms with Crippen LogP contribution in [0.1, 0.15) is 54.6 Å². The van der Waals surface area contributed by atoms with Gasteiger partial charge in [-0.15, -0.1) is 0 Å². The van der Waals surface area contributed by atoms with Crippen molar-refractivity contribution in [2.75, 3.05) is 13.1 Å². The first-order valence-electron chi connectivity index (χ1n) is 8.76. The summed E-state index contributed by atoms with van der Waals surface area (Å²) in [6.45, 7) is 7.49. The summed E-state index contributed by atoms with van der Waals surface area (Å²) in [5.41, 5.74) is 6.61. The molecule has 0 saturated heterocycles. The number of carbonyl (C=O) groups excluding carboxylic acids is 2. The van der Waals surface area contributed by atoms with Gasteiger partial charge < -0.3 is 10.6 Å². The molecule has 0 aliphatic carbocycles. The van der Waals surface area contributed by atoms with Crippen molar-refractivity contribution in [2.45, 2.75) is 33.6 Å². The van der Waals surface area contributed by atoms with Crippen LogP contribution in [0.25, 0.3) is 5.69 Å². The summed E-state index contributed by atoms with van der Waals surface area (Å²) in [4.78, 5) is 26.4. The second-order valence-electron chi connectivity index (χ2n) is 6.05. The van der Waals surface area contributed by atoms with Gasteiger partial charge in [0.05, 0.1) is 5.69 Å². The molecule has 0 aliphatic rings. The molecule has 2 amide bonds. The Morgan fingerprint density at radius 1 is 1.16 bits per heavy atom. The van der Waals surface area contributed by atoms with Crippen LogP contribution in [-0.4, -0.2) is 39.6 Å². The Balaban J connectivity index is 2.35. The zero-order valence-corrected chi connectivity index (χ0v) is 15.1. The van der Waals surface area contributed by atoms with E-state index < -0.39 is 5.91 Å². The van der Waals surface area contributed by atoms with E-state index in [1.165, 1.54) is 10.7 Å². The van der Waals surface area contributed by atoms with Crippen LogP contribution in [0.3, 0.4) is 0 Å². The lowest BCUT2D eigenvalue weighted by molar-refractivity contribution is 0.0728. The van der Waals surface area contributed by atoms with Gasteiger partial charge in [0.2, 0.25) is 0 Å². The number of para-hydroxylation sites is 1. The summed E-state index contributed by atoms with van der Waals surface area (Å²) in [6.07, 6.45) is 2.04. The fourth-order valence-corrected chi connectivity index (χ4v) is 2.80. The molecule has 0 saturated carbocycles. The molecule has 6 nitrogen and oxygen atoms in total.